The Labute approximate surface area is 95.7 Å². The Kier molecular flexibility index (Phi) is 4.98. The van der Waals surface area contributed by atoms with Gasteiger partial charge in [-0.1, -0.05) is 6.42 Å². The number of anilines is 1. The van der Waals surface area contributed by atoms with Gasteiger partial charge in [-0.2, -0.15) is 0 Å². The molecule has 90 valence electrons. The van der Waals surface area contributed by atoms with E-state index in [0.29, 0.717) is 5.82 Å². The average molecular weight is 224 g/mol. The molecule has 0 unspecified atom stereocenters. The van der Waals surface area contributed by atoms with Crippen molar-refractivity contribution in [2.45, 2.75) is 26.2 Å². The average Bonchev–Trinajstić information content (AvgIpc) is 2.22. The smallest absolute Gasteiger partial charge is 0.252 e. The number of hydrogen-bond donors (Lipinski definition) is 2. The van der Waals surface area contributed by atoms with Crippen LogP contribution in [0.5, 0.6) is 0 Å². The van der Waals surface area contributed by atoms with E-state index in [1.807, 2.05) is 11.9 Å². The number of unbranched alkanes of at least 4 members (excludes halogenated alkanes) is 2. The summed E-state index contributed by atoms with van der Waals surface area (Å²) in [5, 5.41) is 0. The number of nitrogens with two attached hydrogens (primary N) is 1. The van der Waals surface area contributed by atoms with Crippen LogP contribution < -0.4 is 16.2 Å². The van der Waals surface area contributed by atoms with Crippen molar-refractivity contribution in [3.63, 3.8) is 0 Å². The third-order valence-electron chi connectivity index (χ3n) is 2.44. The molecule has 0 spiro atoms. The Hall–Kier alpha value is -1.36. The minimum Gasteiger partial charge on any atom is -0.359 e. The SMILES string of the molecule is Cc1nc(N(C)CCCCCN)cc(=O)[nH]1. The second kappa shape index (κ2) is 6.27. The Bertz CT molecular complexity index is 374. The molecule has 1 rings (SSSR count). The van der Waals surface area contributed by atoms with Gasteiger partial charge in [0.1, 0.15) is 11.6 Å². The van der Waals surface area contributed by atoms with Crippen molar-refractivity contribution in [3.8, 4) is 0 Å². The van der Waals surface area contributed by atoms with Gasteiger partial charge in [0.2, 0.25) is 0 Å². The number of aromatic amines is 1. The second-order valence-corrected chi connectivity index (χ2v) is 3.96. The number of aryl methyl sites for hydroxylation is 1. The maximum absolute atomic E-state index is 11.3. The molecule has 1 aromatic rings. The lowest BCUT2D eigenvalue weighted by molar-refractivity contribution is 0.675. The van der Waals surface area contributed by atoms with E-state index in [-0.39, 0.29) is 5.56 Å². The third kappa shape index (κ3) is 4.02. The van der Waals surface area contributed by atoms with Crippen LogP contribution in [0.3, 0.4) is 0 Å². The molecule has 3 N–H and O–H groups in total. The second-order valence-electron chi connectivity index (χ2n) is 3.96. The summed E-state index contributed by atoms with van der Waals surface area (Å²) >= 11 is 0. The molecule has 0 aliphatic carbocycles. The highest BCUT2D eigenvalue weighted by atomic mass is 16.1. The van der Waals surface area contributed by atoms with E-state index in [1.165, 1.54) is 6.07 Å². The molecule has 0 bridgehead atoms. The van der Waals surface area contributed by atoms with Crippen LogP contribution in [0.1, 0.15) is 25.1 Å². The molecule has 0 saturated carbocycles. The zero-order valence-electron chi connectivity index (χ0n) is 9.99. The summed E-state index contributed by atoms with van der Waals surface area (Å²) in [4.78, 5) is 20.2. The van der Waals surface area contributed by atoms with Crippen molar-refractivity contribution in [2.24, 2.45) is 5.73 Å². The van der Waals surface area contributed by atoms with Crippen molar-refractivity contribution in [3.05, 3.63) is 22.2 Å². The molecule has 0 fully saturated rings. The largest absolute Gasteiger partial charge is 0.359 e. The van der Waals surface area contributed by atoms with E-state index in [4.69, 9.17) is 5.73 Å². The molecule has 0 radical (unpaired) electrons. The van der Waals surface area contributed by atoms with Gasteiger partial charge in [0, 0.05) is 19.7 Å². The fourth-order valence-electron chi connectivity index (χ4n) is 1.54. The quantitative estimate of drug-likeness (QED) is 0.695. The van der Waals surface area contributed by atoms with Crippen LogP contribution in [0, 0.1) is 6.92 Å². The molecule has 0 aromatic carbocycles. The topological polar surface area (TPSA) is 75.0 Å². The fraction of sp³-hybridized carbons (Fsp3) is 0.636. The summed E-state index contributed by atoms with van der Waals surface area (Å²) in [7, 11) is 1.95. The van der Waals surface area contributed by atoms with Gasteiger partial charge in [0.25, 0.3) is 5.56 Å². The van der Waals surface area contributed by atoms with Gasteiger partial charge < -0.3 is 15.6 Å². The van der Waals surface area contributed by atoms with Gasteiger partial charge in [-0.05, 0) is 26.3 Å². The molecule has 1 aromatic heterocycles. The first kappa shape index (κ1) is 12.7. The summed E-state index contributed by atoms with van der Waals surface area (Å²) in [5.74, 6) is 1.38. The summed E-state index contributed by atoms with van der Waals surface area (Å²) in [5.41, 5.74) is 5.32. The molecule has 0 aliphatic rings. The predicted octanol–water partition coefficient (Wildman–Crippen LogP) is 0.644. The highest BCUT2D eigenvalue weighted by molar-refractivity contribution is 5.35. The highest BCUT2D eigenvalue weighted by Gasteiger charge is 2.03. The van der Waals surface area contributed by atoms with E-state index < -0.39 is 0 Å². The Morgan fingerprint density at radius 2 is 2.19 bits per heavy atom. The van der Waals surface area contributed by atoms with Crippen molar-refractivity contribution >= 4 is 5.82 Å². The van der Waals surface area contributed by atoms with Crippen LogP contribution in [0.4, 0.5) is 5.82 Å². The molecular weight excluding hydrogens is 204 g/mol. The van der Waals surface area contributed by atoms with Crippen LogP contribution in [-0.2, 0) is 0 Å². The minimum atomic E-state index is -0.101. The van der Waals surface area contributed by atoms with E-state index in [2.05, 4.69) is 9.97 Å². The summed E-state index contributed by atoms with van der Waals surface area (Å²) < 4.78 is 0. The van der Waals surface area contributed by atoms with Crippen LogP contribution >= 0.6 is 0 Å². The predicted molar refractivity (Wildman–Crippen MR) is 65.8 cm³/mol. The maximum atomic E-state index is 11.3. The molecule has 0 atom stereocenters. The molecule has 5 heteroatoms. The maximum Gasteiger partial charge on any atom is 0.252 e. The van der Waals surface area contributed by atoms with Gasteiger partial charge >= 0.3 is 0 Å². The van der Waals surface area contributed by atoms with Crippen molar-refractivity contribution < 1.29 is 0 Å². The molecule has 0 saturated heterocycles. The van der Waals surface area contributed by atoms with Crippen LogP contribution in [0.25, 0.3) is 0 Å². The van der Waals surface area contributed by atoms with Crippen molar-refractivity contribution in [1.82, 2.24) is 9.97 Å². The first-order valence-electron chi connectivity index (χ1n) is 5.62. The number of hydrogen-bond acceptors (Lipinski definition) is 4. The fourth-order valence-corrected chi connectivity index (χ4v) is 1.54. The molecule has 16 heavy (non-hydrogen) atoms. The third-order valence-corrected chi connectivity index (χ3v) is 2.44. The highest BCUT2D eigenvalue weighted by Crippen LogP contribution is 2.06. The van der Waals surface area contributed by atoms with E-state index in [9.17, 15) is 4.79 Å². The number of nitrogens with zero attached hydrogens (tertiary/aromatic N) is 2. The molecular formula is C11H20N4O. The number of aromatic nitrogens is 2. The molecule has 0 aliphatic heterocycles. The monoisotopic (exact) mass is 224 g/mol. The lowest BCUT2D eigenvalue weighted by Crippen LogP contribution is -2.23. The van der Waals surface area contributed by atoms with E-state index in [1.54, 1.807) is 6.92 Å². The van der Waals surface area contributed by atoms with E-state index in [0.717, 1.165) is 38.2 Å². The molecule has 0 amide bonds. The molecule has 5 nitrogen and oxygen atoms in total. The zero-order valence-corrected chi connectivity index (χ0v) is 9.99. The molecule has 1 heterocycles. The van der Waals surface area contributed by atoms with Crippen LogP contribution in [-0.4, -0.2) is 30.1 Å². The van der Waals surface area contributed by atoms with Gasteiger partial charge in [-0.3, -0.25) is 4.79 Å². The van der Waals surface area contributed by atoms with Gasteiger partial charge in [0.05, 0.1) is 0 Å². The summed E-state index contributed by atoms with van der Waals surface area (Å²) in [6.07, 6.45) is 3.24. The van der Waals surface area contributed by atoms with Crippen molar-refractivity contribution in [2.75, 3.05) is 25.0 Å². The van der Waals surface area contributed by atoms with Gasteiger partial charge in [0.15, 0.2) is 0 Å². The van der Waals surface area contributed by atoms with Crippen molar-refractivity contribution in [1.29, 1.82) is 0 Å². The zero-order chi connectivity index (χ0) is 12.0. The van der Waals surface area contributed by atoms with Gasteiger partial charge in [-0.15, -0.1) is 0 Å². The van der Waals surface area contributed by atoms with Gasteiger partial charge in [-0.25, -0.2) is 4.98 Å². The van der Waals surface area contributed by atoms with Crippen LogP contribution in [0.2, 0.25) is 0 Å². The van der Waals surface area contributed by atoms with Crippen LogP contribution in [0.15, 0.2) is 10.9 Å². The number of nitrogens with one attached hydrogen (secondary N) is 1. The normalized spacial score (nSPS) is 10.4. The summed E-state index contributed by atoms with van der Waals surface area (Å²) in [6.45, 7) is 3.43. The lowest BCUT2D eigenvalue weighted by Gasteiger charge is -2.17. The first-order valence-corrected chi connectivity index (χ1v) is 5.62. The Balaban J connectivity index is 2.52. The Morgan fingerprint density at radius 3 is 2.81 bits per heavy atom. The minimum absolute atomic E-state index is 0.101. The van der Waals surface area contributed by atoms with E-state index >= 15 is 0 Å². The summed E-state index contributed by atoms with van der Waals surface area (Å²) in [6, 6.07) is 1.52. The first-order chi connectivity index (χ1) is 7.63. The number of rotatable bonds is 6. The Morgan fingerprint density at radius 1 is 1.44 bits per heavy atom. The number of H-pyrrole nitrogens is 1. The standard InChI is InChI=1S/C11H20N4O/c1-9-13-10(8-11(16)14-9)15(2)7-5-3-4-6-12/h8H,3-7,12H2,1-2H3,(H,13,14,16). The lowest BCUT2D eigenvalue weighted by atomic mass is 10.2.